The number of amides is 1. The highest BCUT2D eigenvalue weighted by Crippen LogP contribution is 2.21. The van der Waals surface area contributed by atoms with Crippen LogP contribution in [0.1, 0.15) is 23.7 Å². The number of hydrogen-bond acceptors (Lipinski definition) is 4. The van der Waals surface area contributed by atoms with Crippen molar-refractivity contribution in [3.63, 3.8) is 0 Å². The van der Waals surface area contributed by atoms with Crippen LogP contribution >= 0.6 is 0 Å². The van der Waals surface area contributed by atoms with Crippen LogP contribution in [0.3, 0.4) is 0 Å². The van der Waals surface area contributed by atoms with Crippen LogP contribution in [0.5, 0.6) is 0 Å². The lowest BCUT2D eigenvalue weighted by Crippen LogP contribution is -2.24. The Balaban J connectivity index is 1.68. The van der Waals surface area contributed by atoms with E-state index in [1.807, 2.05) is 43.3 Å². The molecule has 3 rings (SSSR count). The molecule has 5 nitrogen and oxygen atoms in total. The fourth-order valence-corrected chi connectivity index (χ4v) is 2.56. The molecule has 1 heterocycles. The molecule has 0 spiro atoms. The van der Waals surface area contributed by atoms with Gasteiger partial charge in [-0.15, -0.1) is 0 Å². The molecule has 1 fully saturated rings. The van der Waals surface area contributed by atoms with Crippen molar-refractivity contribution in [2.45, 2.75) is 25.5 Å². The molecule has 1 aliphatic rings. The molecule has 0 radical (unpaired) electrons. The zero-order valence-electron chi connectivity index (χ0n) is 12.8. The molecule has 0 bridgehead atoms. The molecule has 1 saturated heterocycles. The maximum atomic E-state index is 12.2. The van der Waals surface area contributed by atoms with Crippen molar-refractivity contribution >= 4 is 23.3 Å². The van der Waals surface area contributed by atoms with Crippen LogP contribution in [0.2, 0.25) is 0 Å². The van der Waals surface area contributed by atoms with E-state index in [0.29, 0.717) is 17.7 Å². The molecule has 0 aromatic heterocycles. The van der Waals surface area contributed by atoms with E-state index in [1.54, 1.807) is 18.2 Å². The molecule has 2 aromatic rings. The SMILES string of the molecule is CC1CC(Nc2cccc(NC(=O)c3ccccc3)c2)C(=O)O1. The lowest BCUT2D eigenvalue weighted by molar-refractivity contribution is -0.141. The van der Waals surface area contributed by atoms with E-state index in [-0.39, 0.29) is 24.0 Å². The second kappa shape index (κ2) is 6.52. The Morgan fingerprint density at radius 1 is 1.09 bits per heavy atom. The van der Waals surface area contributed by atoms with Gasteiger partial charge in [-0.05, 0) is 37.3 Å². The van der Waals surface area contributed by atoms with Crippen molar-refractivity contribution in [3.8, 4) is 0 Å². The first-order valence-corrected chi connectivity index (χ1v) is 7.55. The third kappa shape index (κ3) is 3.69. The monoisotopic (exact) mass is 310 g/mol. The normalized spacial score (nSPS) is 20.0. The van der Waals surface area contributed by atoms with Crippen molar-refractivity contribution in [3.05, 3.63) is 60.2 Å². The van der Waals surface area contributed by atoms with Gasteiger partial charge in [-0.3, -0.25) is 4.79 Å². The van der Waals surface area contributed by atoms with Crippen molar-refractivity contribution in [2.75, 3.05) is 10.6 Å². The predicted molar refractivity (Wildman–Crippen MR) is 88.4 cm³/mol. The van der Waals surface area contributed by atoms with Crippen LogP contribution in [0.25, 0.3) is 0 Å². The van der Waals surface area contributed by atoms with Gasteiger partial charge in [-0.1, -0.05) is 24.3 Å². The Morgan fingerprint density at radius 3 is 2.52 bits per heavy atom. The van der Waals surface area contributed by atoms with Gasteiger partial charge in [0.1, 0.15) is 12.1 Å². The summed E-state index contributed by atoms with van der Waals surface area (Å²) in [6.45, 7) is 1.87. The molecule has 0 aliphatic carbocycles. The minimum atomic E-state index is -0.343. The summed E-state index contributed by atoms with van der Waals surface area (Å²) in [4.78, 5) is 23.8. The number of cyclic esters (lactones) is 1. The highest BCUT2D eigenvalue weighted by Gasteiger charge is 2.31. The van der Waals surface area contributed by atoms with E-state index in [1.165, 1.54) is 0 Å². The van der Waals surface area contributed by atoms with E-state index < -0.39 is 0 Å². The molecule has 0 saturated carbocycles. The number of ether oxygens (including phenoxy) is 1. The average Bonchev–Trinajstić information content (AvgIpc) is 2.86. The summed E-state index contributed by atoms with van der Waals surface area (Å²) in [6, 6.07) is 16.0. The topological polar surface area (TPSA) is 67.4 Å². The van der Waals surface area contributed by atoms with Crippen LogP contribution in [-0.4, -0.2) is 24.0 Å². The number of rotatable bonds is 4. The second-order valence-corrected chi connectivity index (χ2v) is 5.58. The van der Waals surface area contributed by atoms with Gasteiger partial charge in [-0.25, -0.2) is 4.79 Å². The first-order valence-electron chi connectivity index (χ1n) is 7.55. The molecule has 1 aliphatic heterocycles. The minimum absolute atomic E-state index is 0.0685. The van der Waals surface area contributed by atoms with Crippen molar-refractivity contribution in [1.82, 2.24) is 0 Å². The summed E-state index contributed by atoms with van der Waals surface area (Å²) in [7, 11) is 0. The summed E-state index contributed by atoms with van der Waals surface area (Å²) < 4.78 is 5.13. The highest BCUT2D eigenvalue weighted by atomic mass is 16.6. The Kier molecular flexibility index (Phi) is 4.28. The van der Waals surface area contributed by atoms with Crippen LogP contribution in [0, 0.1) is 0 Å². The molecule has 118 valence electrons. The predicted octanol–water partition coefficient (Wildman–Crippen LogP) is 3.05. The average molecular weight is 310 g/mol. The number of carbonyl (C=O) groups is 2. The number of carbonyl (C=O) groups excluding carboxylic acids is 2. The zero-order chi connectivity index (χ0) is 16.2. The van der Waals surface area contributed by atoms with Crippen LogP contribution in [0.15, 0.2) is 54.6 Å². The molecule has 2 unspecified atom stereocenters. The summed E-state index contributed by atoms with van der Waals surface area (Å²) in [5.74, 6) is -0.409. The minimum Gasteiger partial charge on any atom is -0.461 e. The van der Waals surface area contributed by atoms with Gasteiger partial charge in [0.2, 0.25) is 0 Å². The number of nitrogens with one attached hydrogen (secondary N) is 2. The molecule has 23 heavy (non-hydrogen) atoms. The Bertz CT molecular complexity index is 715. The Labute approximate surface area is 134 Å². The quantitative estimate of drug-likeness (QED) is 0.852. The second-order valence-electron chi connectivity index (χ2n) is 5.58. The standard InChI is InChI=1S/C18H18N2O3/c1-12-10-16(18(22)23-12)19-14-8-5-9-15(11-14)20-17(21)13-6-3-2-4-7-13/h2-9,11-12,16,19H,10H2,1H3,(H,20,21). The number of benzene rings is 2. The van der Waals surface area contributed by atoms with E-state index >= 15 is 0 Å². The molecule has 2 aromatic carbocycles. The lowest BCUT2D eigenvalue weighted by atomic mass is 10.1. The van der Waals surface area contributed by atoms with Gasteiger partial charge in [0, 0.05) is 23.4 Å². The lowest BCUT2D eigenvalue weighted by Gasteiger charge is -2.12. The van der Waals surface area contributed by atoms with Crippen molar-refractivity contribution < 1.29 is 14.3 Å². The number of esters is 1. The van der Waals surface area contributed by atoms with Gasteiger partial charge >= 0.3 is 5.97 Å². The van der Waals surface area contributed by atoms with Crippen molar-refractivity contribution in [2.24, 2.45) is 0 Å². The van der Waals surface area contributed by atoms with E-state index in [4.69, 9.17) is 4.74 Å². The fraction of sp³-hybridized carbons (Fsp3) is 0.222. The number of hydrogen-bond donors (Lipinski definition) is 2. The van der Waals surface area contributed by atoms with Crippen LogP contribution < -0.4 is 10.6 Å². The summed E-state index contributed by atoms with van der Waals surface area (Å²) in [5, 5.41) is 6.00. The zero-order valence-corrected chi connectivity index (χ0v) is 12.8. The first-order chi connectivity index (χ1) is 11.1. The van der Waals surface area contributed by atoms with Gasteiger partial charge < -0.3 is 15.4 Å². The van der Waals surface area contributed by atoms with E-state index in [9.17, 15) is 9.59 Å². The summed E-state index contributed by atoms with van der Waals surface area (Å²) >= 11 is 0. The molecule has 1 amide bonds. The molecular formula is C18H18N2O3. The molecule has 2 N–H and O–H groups in total. The van der Waals surface area contributed by atoms with Crippen LogP contribution in [-0.2, 0) is 9.53 Å². The smallest absolute Gasteiger partial charge is 0.328 e. The molecule has 5 heteroatoms. The van der Waals surface area contributed by atoms with Gasteiger partial charge in [-0.2, -0.15) is 0 Å². The van der Waals surface area contributed by atoms with E-state index in [0.717, 1.165) is 5.69 Å². The van der Waals surface area contributed by atoms with Crippen LogP contribution in [0.4, 0.5) is 11.4 Å². The van der Waals surface area contributed by atoms with Gasteiger partial charge in [0.05, 0.1) is 0 Å². The van der Waals surface area contributed by atoms with Gasteiger partial charge in [0.25, 0.3) is 5.91 Å². The largest absolute Gasteiger partial charge is 0.461 e. The first kappa shape index (κ1) is 15.1. The van der Waals surface area contributed by atoms with E-state index in [2.05, 4.69) is 10.6 Å². The number of anilines is 2. The Hall–Kier alpha value is -2.82. The maximum absolute atomic E-state index is 12.2. The van der Waals surface area contributed by atoms with Gasteiger partial charge in [0.15, 0.2) is 0 Å². The third-order valence-electron chi connectivity index (χ3n) is 3.67. The third-order valence-corrected chi connectivity index (χ3v) is 3.67. The fourth-order valence-electron chi connectivity index (χ4n) is 2.56. The summed E-state index contributed by atoms with van der Waals surface area (Å²) in [6.07, 6.45) is 0.570. The maximum Gasteiger partial charge on any atom is 0.328 e. The highest BCUT2D eigenvalue weighted by molar-refractivity contribution is 6.04. The molecular weight excluding hydrogens is 292 g/mol. The Morgan fingerprint density at radius 2 is 1.83 bits per heavy atom. The summed E-state index contributed by atoms with van der Waals surface area (Å²) in [5.41, 5.74) is 2.04. The van der Waals surface area contributed by atoms with Crippen molar-refractivity contribution in [1.29, 1.82) is 0 Å². The molecule has 2 atom stereocenters.